The molecule has 4 rings (SSSR count). The van der Waals surface area contributed by atoms with Crippen molar-refractivity contribution in [2.75, 3.05) is 25.6 Å². The molecule has 1 aliphatic carbocycles. The van der Waals surface area contributed by atoms with Crippen LogP contribution in [0.15, 0.2) is 51.7 Å². The highest BCUT2D eigenvalue weighted by Crippen LogP contribution is 2.37. The average Bonchev–Trinajstić information content (AvgIpc) is 2.83. The van der Waals surface area contributed by atoms with Crippen LogP contribution in [-0.2, 0) is 20.4 Å². The summed E-state index contributed by atoms with van der Waals surface area (Å²) in [7, 11) is 1.31. The zero-order valence-electron chi connectivity index (χ0n) is 19.4. The van der Waals surface area contributed by atoms with E-state index in [-0.39, 0.29) is 52.9 Å². The Bertz CT molecular complexity index is 1380. The number of rotatable bonds is 8. The minimum Gasteiger partial charge on any atom is -0.491 e. The minimum absolute atomic E-state index is 0.0224. The van der Waals surface area contributed by atoms with Gasteiger partial charge in [0, 0.05) is 6.07 Å². The number of amides is 1. The summed E-state index contributed by atoms with van der Waals surface area (Å²) in [5.74, 6) is -2.14. The van der Waals surface area contributed by atoms with Crippen molar-refractivity contribution in [3.05, 3.63) is 69.0 Å². The van der Waals surface area contributed by atoms with E-state index in [1.54, 1.807) is 0 Å². The maximum atomic E-state index is 13.7. The number of carbonyl (C=O) groups excluding carboxylic acids is 2. The number of fused-ring (bicyclic) bond motifs is 1. The van der Waals surface area contributed by atoms with Crippen LogP contribution in [0.25, 0.3) is 11.0 Å². The third-order valence-electron chi connectivity index (χ3n) is 5.81. The number of nitrogens with one attached hydrogen (secondary N) is 1. The second-order valence-electron chi connectivity index (χ2n) is 8.28. The predicted octanol–water partition coefficient (Wildman–Crippen LogP) is 5.06. The second kappa shape index (κ2) is 10.8. The molecule has 0 bridgehead atoms. The van der Waals surface area contributed by atoms with Gasteiger partial charge in [0.2, 0.25) is 0 Å². The van der Waals surface area contributed by atoms with Gasteiger partial charge in [0.1, 0.15) is 12.4 Å². The average molecular weight is 540 g/mol. The number of anilines is 1. The number of halogens is 4. The SMILES string of the molecule is COC(=O)C1CC(OCCOc2ccc(NC(=O)c3cc(=O)c4cccc(Cl)c4o3)c(C(F)(F)F)c2)C1. The third-order valence-corrected chi connectivity index (χ3v) is 6.11. The standard InChI is InChI=1S/C25H21ClF3NO7/c1-34-24(33)13-9-15(10-13)36-8-7-35-14-5-6-19(17(11-14)25(27,28)29)30-23(32)21-12-20(31)16-3-2-4-18(26)22(16)37-21/h2-6,11-13,15H,7-10H2,1H3,(H,30,32). The van der Waals surface area contributed by atoms with Crippen LogP contribution in [-0.4, -0.2) is 38.3 Å². The molecule has 0 atom stereocenters. The fraction of sp³-hybridized carbons (Fsp3) is 0.320. The number of esters is 1. The third kappa shape index (κ3) is 6.05. The summed E-state index contributed by atoms with van der Waals surface area (Å²) in [6.45, 7) is 0.0906. The lowest BCUT2D eigenvalue weighted by atomic mass is 9.82. The van der Waals surface area contributed by atoms with E-state index >= 15 is 0 Å². The molecule has 0 unspecified atom stereocenters. The Hall–Kier alpha value is -3.57. The fourth-order valence-electron chi connectivity index (χ4n) is 3.83. The zero-order valence-corrected chi connectivity index (χ0v) is 20.2. The second-order valence-corrected chi connectivity index (χ2v) is 8.69. The van der Waals surface area contributed by atoms with E-state index in [0.717, 1.165) is 18.2 Å². The van der Waals surface area contributed by atoms with Crippen LogP contribution in [0.2, 0.25) is 5.02 Å². The maximum absolute atomic E-state index is 13.7. The predicted molar refractivity (Wildman–Crippen MR) is 127 cm³/mol. The Morgan fingerprint density at radius 2 is 1.89 bits per heavy atom. The molecule has 0 spiro atoms. The number of para-hydroxylation sites is 1. The molecule has 0 saturated heterocycles. The topological polar surface area (TPSA) is 104 Å². The van der Waals surface area contributed by atoms with Crippen LogP contribution < -0.4 is 15.5 Å². The number of hydrogen-bond acceptors (Lipinski definition) is 7. The lowest BCUT2D eigenvalue weighted by Gasteiger charge is -2.32. The zero-order chi connectivity index (χ0) is 26.7. The summed E-state index contributed by atoms with van der Waals surface area (Å²) in [6, 6.07) is 8.36. The summed E-state index contributed by atoms with van der Waals surface area (Å²) in [5.41, 5.74) is -2.32. The normalized spacial score (nSPS) is 17.2. The lowest BCUT2D eigenvalue weighted by molar-refractivity contribution is -0.155. The number of methoxy groups -OCH3 is 1. The molecule has 3 aromatic rings. The number of carbonyl (C=O) groups is 2. The quantitative estimate of drug-likeness (QED) is 0.315. The molecule has 37 heavy (non-hydrogen) atoms. The van der Waals surface area contributed by atoms with Crippen molar-refractivity contribution < 1.29 is 41.4 Å². The van der Waals surface area contributed by atoms with Crippen LogP contribution in [0.5, 0.6) is 5.75 Å². The molecule has 8 nitrogen and oxygen atoms in total. The highest BCUT2D eigenvalue weighted by molar-refractivity contribution is 6.34. The molecule has 1 aliphatic rings. The Kier molecular flexibility index (Phi) is 7.74. The summed E-state index contributed by atoms with van der Waals surface area (Å²) in [4.78, 5) is 36.3. The number of ether oxygens (including phenoxy) is 3. The molecule has 0 aliphatic heterocycles. The molecule has 1 aromatic heterocycles. The first-order chi connectivity index (χ1) is 17.6. The molecule has 1 heterocycles. The monoisotopic (exact) mass is 539 g/mol. The van der Waals surface area contributed by atoms with Crippen molar-refractivity contribution in [1.82, 2.24) is 0 Å². The molecule has 0 radical (unpaired) electrons. The van der Waals surface area contributed by atoms with Gasteiger partial charge in [0.15, 0.2) is 16.8 Å². The van der Waals surface area contributed by atoms with Gasteiger partial charge in [-0.1, -0.05) is 17.7 Å². The molecule has 1 amide bonds. The van der Waals surface area contributed by atoms with Gasteiger partial charge in [-0.3, -0.25) is 14.4 Å². The van der Waals surface area contributed by atoms with Gasteiger partial charge in [0.05, 0.1) is 47.4 Å². The highest BCUT2D eigenvalue weighted by Gasteiger charge is 2.36. The van der Waals surface area contributed by atoms with Crippen molar-refractivity contribution in [3.63, 3.8) is 0 Å². The first kappa shape index (κ1) is 26.5. The largest absolute Gasteiger partial charge is 0.491 e. The molecular formula is C25H21ClF3NO7. The van der Waals surface area contributed by atoms with Gasteiger partial charge < -0.3 is 23.9 Å². The Balaban J connectivity index is 1.42. The highest BCUT2D eigenvalue weighted by atomic mass is 35.5. The summed E-state index contributed by atoms with van der Waals surface area (Å²) < 4.78 is 62.1. The fourth-order valence-corrected chi connectivity index (χ4v) is 4.04. The van der Waals surface area contributed by atoms with Crippen LogP contribution in [0.3, 0.4) is 0 Å². The smallest absolute Gasteiger partial charge is 0.418 e. The van der Waals surface area contributed by atoms with Crippen molar-refractivity contribution in [1.29, 1.82) is 0 Å². The Labute approximate surface area is 213 Å². The first-order valence-corrected chi connectivity index (χ1v) is 11.5. The Morgan fingerprint density at radius 3 is 2.59 bits per heavy atom. The van der Waals surface area contributed by atoms with E-state index in [1.807, 2.05) is 0 Å². The van der Waals surface area contributed by atoms with Crippen molar-refractivity contribution in [2.45, 2.75) is 25.1 Å². The number of hydrogen-bond donors (Lipinski definition) is 1. The molecule has 12 heteroatoms. The van der Waals surface area contributed by atoms with Crippen LogP contribution in [0.1, 0.15) is 29.0 Å². The lowest BCUT2D eigenvalue weighted by Crippen LogP contribution is -2.37. The summed E-state index contributed by atoms with van der Waals surface area (Å²) >= 11 is 6.02. The van der Waals surface area contributed by atoms with E-state index in [1.165, 1.54) is 31.4 Å². The summed E-state index contributed by atoms with van der Waals surface area (Å²) in [5, 5.41) is 2.34. The maximum Gasteiger partial charge on any atom is 0.418 e. The van der Waals surface area contributed by atoms with Crippen LogP contribution in [0.4, 0.5) is 18.9 Å². The molecule has 196 valence electrons. The molecule has 2 aromatic carbocycles. The molecule has 1 fully saturated rings. The molecule has 1 N–H and O–H groups in total. The first-order valence-electron chi connectivity index (χ1n) is 11.1. The van der Waals surface area contributed by atoms with Gasteiger partial charge in [-0.25, -0.2) is 0 Å². The van der Waals surface area contributed by atoms with Crippen molar-refractivity contribution >= 4 is 40.1 Å². The van der Waals surface area contributed by atoms with Crippen LogP contribution >= 0.6 is 11.6 Å². The van der Waals surface area contributed by atoms with Crippen molar-refractivity contribution in [3.8, 4) is 5.75 Å². The van der Waals surface area contributed by atoms with Gasteiger partial charge >= 0.3 is 12.1 Å². The minimum atomic E-state index is -4.82. The van der Waals surface area contributed by atoms with E-state index in [0.29, 0.717) is 12.8 Å². The van der Waals surface area contributed by atoms with Gasteiger partial charge in [-0.05, 0) is 43.2 Å². The van der Waals surface area contributed by atoms with E-state index < -0.39 is 34.5 Å². The van der Waals surface area contributed by atoms with Gasteiger partial charge in [0.25, 0.3) is 5.91 Å². The summed E-state index contributed by atoms with van der Waals surface area (Å²) in [6.07, 6.45) is -3.92. The van der Waals surface area contributed by atoms with Gasteiger partial charge in [-0.2, -0.15) is 13.2 Å². The molecular weight excluding hydrogens is 519 g/mol. The number of alkyl halides is 3. The van der Waals surface area contributed by atoms with Crippen LogP contribution in [0, 0.1) is 5.92 Å². The number of benzene rings is 2. The van der Waals surface area contributed by atoms with E-state index in [2.05, 4.69) is 10.1 Å². The van der Waals surface area contributed by atoms with E-state index in [4.69, 9.17) is 25.5 Å². The van der Waals surface area contributed by atoms with Gasteiger partial charge in [-0.15, -0.1) is 0 Å². The molecule has 1 saturated carbocycles. The van der Waals surface area contributed by atoms with Crippen molar-refractivity contribution in [2.24, 2.45) is 5.92 Å². The van der Waals surface area contributed by atoms with E-state index in [9.17, 15) is 27.6 Å². The Morgan fingerprint density at radius 1 is 1.14 bits per heavy atom.